The molecule has 4 heteroatoms. The third kappa shape index (κ3) is 0.959. The first-order valence-electron chi connectivity index (χ1n) is 3.37. The summed E-state index contributed by atoms with van der Waals surface area (Å²) < 4.78 is 28.1. The van der Waals surface area contributed by atoms with E-state index in [1.165, 1.54) is 0 Å². The molecule has 0 aromatic rings. The predicted molar refractivity (Wildman–Crippen MR) is 21.9 cm³/mol. The second kappa shape index (κ2) is 1.81. The van der Waals surface area contributed by atoms with Crippen molar-refractivity contribution in [1.29, 1.82) is 0 Å². The van der Waals surface area contributed by atoms with Gasteiger partial charge in [0.05, 0.1) is 4.11 Å². The van der Waals surface area contributed by atoms with E-state index in [9.17, 15) is 9.59 Å². The lowest BCUT2D eigenvalue weighted by molar-refractivity contribution is -0.174. The number of cyclic esters (lactones) is 2. The lowest BCUT2D eigenvalue weighted by Gasteiger charge is -2.09. The molecule has 1 rings (SSSR count). The van der Waals surface area contributed by atoms with Crippen molar-refractivity contribution in [2.24, 2.45) is 0 Å². The molecule has 0 saturated carbocycles. The zero-order valence-electron chi connectivity index (χ0n) is 6.71. The molecule has 1 aliphatic rings. The number of esters is 2. The van der Waals surface area contributed by atoms with Crippen LogP contribution in [0.2, 0.25) is 0 Å². The Morgan fingerprint density at radius 2 is 2.12 bits per heavy atom. The van der Waals surface area contributed by atoms with Crippen molar-refractivity contribution in [3.8, 4) is 0 Å². The van der Waals surface area contributed by atoms with Crippen LogP contribution in [0, 0.1) is 0 Å². The lowest BCUT2D eigenvalue weighted by atomic mass is 10.6. The standard InChI is InChI=1S/C4H4O4/c5-3-1-7-4(6)2-8-3/h1-2H2/i1D,2D2. The van der Waals surface area contributed by atoms with Crippen LogP contribution >= 0.6 is 0 Å². The first kappa shape index (κ1) is 2.48. The van der Waals surface area contributed by atoms with Crippen LogP contribution in [0.15, 0.2) is 0 Å². The highest BCUT2D eigenvalue weighted by molar-refractivity contribution is 5.82. The quantitative estimate of drug-likeness (QED) is 0.387. The highest BCUT2D eigenvalue weighted by atomic mass is 16.6. The van der Waals surface area contributed by atoms with Crippen molar-refractivity contribution in [1.82, 2.24) is 0 Å². The minimum Gasteiger partial charge on any atom is -0.451 e. The average molecular weight is 119 g/mol. The van der Waals surface area contributed by atoms with Crippen molar-refractivity contribution in [3.05, 3.63) is 0 Å². The Bertz CT molecular complexity index is 213. The Hall–Kier alpha value is -1.06. The molecule has 1 saturated heterocycles. The summed E-state index contributed by atoms with van der Waals surface area (Å²) in [7, 11) is 0. The van der Waals surface area contributed by atoms with E-state index < -0.39 is 25.1 Å². The number of hydrogen-bond donors (Lipinski definition) is 0. The maximum Gasteiger partial charge on any atom is 0.344 e. The van der Waals surface area contributed by atoms with Crippen LogP contribution in [0.4, 0.5) is 0 Å². The lowest BCUT2D eigenvalue weighted by Crippen LogP contribution is -2.27. The molecule has 1 atom stereocenters. The van der Waals surface area contributed by atoms with E-state index in [0.29, 0.717) is 0 Å². The van der Waals surface area contributed by atoms with Crippen molar-refractivity contribution >= 4 is 11.9 Å². The molecule has 0 radical (unpaired) electrons. The Morgan fingerprint density at radius 1 is 1.38 bits per heavy atom. The van der Waals surface area contributed by atoms with Gasteiger partial charge in [-0.15, -0.1) is 0 Å². The molecule has 1 heterocycles. The molecule has 8 heavy (non-hydrogen) atoms. The summed E-state index contributed by atoms with van der Waals surface area (Å²) in [6, 6.07) is 0. The van der Waals surface area contributed by atoms with E-state index in [-0.39, 0.29) is 0 Å². The minimum atomic E-state index is -2.74. The Morgan fingerprint density at radius 3 is 2.75 bits per heavy atom. The summed E-state index contributed by atoms with van der Waals surface area (Å²) in [4.78, 5) is 20.9. The highest BCUT2D eigenvalue weighted by Gasteiger charge is 2.16. The van der Waals surface area contributed by atoms with Crippen LogP contribution < -0.4 is 0 Å². The van der Waals surface area contributed by atoms with Crippen LogP contribution in [0.25, 0.3) is 0 Å². The molecule has 0 spiro atoms. The summed E-state index contributed by atoms with van der Waals surface area (Å²) in [6.45, 7) is -4.50. The molecule has 0 bridgehead atoms. The van der Waals surface area contributed by atoms with Crippen molar-refractivity contribution in [2.75, 3.05) is 13.1 Å². The molecule has 0 aliphatic carbocycles. The van der Waals surface area contributed by atoms with Gasteiger partial charge in [-0.2, -0.15) is 0 Å². The SMILES string of the molecule is [2H]C1OC(=O)C([2H])([2H])OC1=O. The molecular formula is C4H4O4. The Balaban J connectivity index is 2.79. The van der Waals surface area contributed by atoms with Crippen molar-refractivity contribution in [3.63, 3.8) is 0 Å². The molecular weight excluding hydrogens is 112 g/mol. The molecule has 4 nitrogen and oxygen atoms in total. The van der Waals surface area contributed by atoms with E-state index in [0.717, 1.165) is 0 Å². The highest BCUT2D eigenvalue weighted by Crippen LogP contribution is 1.90. The van der Waals surface area contributed by atoms with E-state index in [4.69, 9.17) is 4.11 Å². The van der Waals surface area contributed by atoms with Gasteiger partial charge in [-0.25, -0.2) is 9.59 Å². The molecule has 0 amide bonds. The summed E-state index contributed by atoms with van der Waals surface area (Å²) in [6.07, 6.45) is 0. The Kier molecular flexibility index (Phi) is 0.562. The molecule has 0 N–H and O–H groups in total. The first-order valence-corrected chi connectivity index (χ1v) is 1.79. The second-order valence-electron chi connectivity index (χ2n) is 1.05. The summed E-state index contributed by atoms with van der Waals surface area (Å²) in [5.41, 5.74) is 0. The van der Waals surface area contributed by atoms with E-state index in [1.807, 2.05) is 0 Å². The third-order valence-electron chi connectivity index (χ3n) is 0.497. The predicted octanol–water partition coefficient (Wildman–Crippen LogP) is -0.914. The van der Waals surface area contributed by atoms with Gasteiger partial charge >= 0.3 is 11.9 Å². The largest absolute Gasteiger partial charge is 0.451 e. The van der Waals surface area contributed by atoms with Gasteiger partial charge in [0.1, 0.15) is 0 Å². The first-order chi connectivity index (χ1) is 4.93. The zero-order chi connectivity index (χ0) is 8.65. The van der Waals surface area contributed by atoms with Gasteiger partial charge in [-0.3, -0.25) is 0 Å². The van der Waals surface area contributed by atoms with E-state index in [2.05, 4.69) is 9.47 Å². The third-order valence-corrected chi connectivity index (χ3v) is 0.497. The van der Waals surface area contributed by atoms with Gasteiger partial charge in [-0.05, 0) is 0 Å². The fraction of sp³-hybridized carbons (Fsp3) is 0.500. The normalized spacial score (nSPS) is 40.5. The number of rotatable bonds is 0. The molecule has 1 unspecified atom stereocenters. The van der Waals surface area contributed by atoms with Crippen LogP contribution in [0.1, 0.15) is 4.11 Å². The number of hydrogen-bond acceptors (Lipinski definition) is 4. The number of carbonyl (C=O) groups is 2. The Labute approximate surface area is 49.6 Å². The van der Waals surface area contributed by atoms with Gasteiger partial charge in [0.15, 0.2) is 13.1 Å². The van der Waals surface area contributed by atoms with Gasteiger partial charge < -0.3 is 9.47 Å². The second-order valence-corrected chi connectivity index (χ2v) is 1.05. The van der Waals surface area contributed by atoms with Crippen LogP contribution in [0.3, 0.4) is 0 Å². The molecule has 44 valence electrons. The zero-order valence-corrected chi connectivity index (χ0v) is 3.71. The van der Waals surface area contributed by atoms with Gasteiger partial charge in [-0.1, -0.05) is 0 Å². The topological polar surface area (TPSA) is 52.6 Å². The van der Waals surface area contributed by atoms with Crippen LogP contribution in [0.5, 0.6) is 0 Å². The fourth-order valence-corrected chi connectivity index (χ4v) is 0.242. The average Bonchev–Trinajstić information content (AvgIpc) is 1.83. The van der Waals surface area contributed by atoms with Gasteiger partial charge in [0.25, 0.3) is 0 Å². The van der Waals surface area contributed by atoms with Gasteiger partial charge in [0.2, 0.25) is 0 Å². The fourth-order valence-electron chi connectivity index (χ4n) is 0.242. The minimum absolute atomic E-state index is 1.20. The molecule has 1 fully saturated rings. The number of ether oxygens (including phenoxy) is 2. The van der Waals surface area contributed by atoms with Crippen LogP contribution in [-0.2, 0) is 19.1 Å². The molecule has 1 aliphatic heterocycles. The van der Waals surface area contributed by atoms with E-state index >= 15 is 0 Å². The van der Waals surface area contributed by atoms with E-state index in [1.54, 1.807) is 0 Å². The monoisotopic (exact) mass is 119 g/mol. The van der Waals surface area contributed by atoms with Crippen molar-refractivity contribution < 1.29 is 23.2 Å². The summed E-state index contributed by atoms with van der Waals surface area (Å²) in [5.74, 6) is -2.55. The van der Waals surface area contributed by atoms with Gasteiger partial charge in [0, 0.05) is 0 Å². The number of carbonyl (C=O) groups excluding carboxylic acids is 2. The molecule has 0 aromatic heterocycles. The smallest absolute Gasteiger partial charge is 0.344 e. The summed E-state index contributed by atoms with van der Waals surface area (Å²) >= 11 is 0. The van der Waals surface area contributed by atoms with Crippen LogP contribution in [-0.4, -0.2) is 25.1 Å². The molecule has 0 aromatic carbocycles. The maximum atomic E-state index is 10.5. The summed E-state index contributed by atoms with van der Waals surface area (Å²) in [5, 5.41) is 0. The maximum absolute atomic E-state index is 10.5. The van der Waals surface area contributed by atoms with Crippen molar-refractivity contribution in [2.45, 2.75) is 0 Å².